The first kappa shape index (κ1) is 45.5. The molecule has 2 aliphatic heterocycles. The SMILES string of the molecule is c1ccc(-c2ccc(N(c3ccc(-c4ccccc4)cc3)c3ccc(-c4ccc(N(c5ccc(-c6ccccc6)cc5)c5cccc6c5Oc5ccccc5C65c6ccccc6Oc6ccccc65)cc4)cc3)cc2)cc1. The van der Waals surface area contributed by atoms with Crippen molar-refractivity contribution in [1.29, 1.82) is 0 Å². The quantitative estimate of drug-likeness (QED) is 0.136. The molecule has 4 heteroatoms. The summed E-state index contributed by atoms with van der Waals surface area (Å²) in [7, 11) is 0. The summed E-state index contributed by atoms with van der Waals surface area (Å²) in [6.45, 7) is 0. The van der Waals surface area contributed by atoms with Crippen molar-refractivity contribution in [3.63, 3.8) is 0 Å². The van der Waals surface area contributed by atoms with Crippen molar-refractivity contribution in [3.8, 4) is 67.5 Å². The highest BCUT2D eigenvalue weighted by molar-refractivity contribution is 5.88. The number of fused-ring (bicyclic) bond motifs is 8. The Hall–Kier alpha value is -10.2. The van der Waals surface area contributed by atoms with E-state index >= 15 is 0 Å². The van der Waals surface area contributed by atoms with Gasteiger partial charge in [0.05, 0.1) is 11.1 Å². The molecule has 0 saturated carbocycles. The Balaban J connectivity index is 0.860. The zero-order valence-corrected chi connectivity index (χ0v) is 42.1. The molecule has 0 saturated heterocycles. The molecule has 2 aliphatic rings. The molecule has 0 aliphatic carbocycles. The Bertz CT molecular complexity index is 3900. The molecular weight excluding hydrogens is 937 g/mol. The maximum absolute atomic E-state index is 7.24. The molecule has 0 amide bonds. The summed E-state index contributed by atoms with van der Waals surface area (Å²) < 4.78 is 13.9. The summed E-state index contributed by atoms with van der Waals surface area (Å²) >= 11 is 0. The van der Waals surface area contributed by atoms with E-state index in [1.54, 1.807) is 0 Å². The van der Waals surface area contributed by atoms with Gasteiger partial charge in [0.25, 0.3) is 0 Å². The van der Waals surface area contributed by atoms with E-state index in [9.17, 15) is 0 Å². The van der Waals surface area contributed by atoms with Gasteiger partial charge in [0.15, 0.2) is 5.75 Å². The van der Waals surface area contributed by atoms with Crippen LogP contribution in [0.3, 0.4) is 0 Å². The zero-order valence-electron chi connectivity index (χ0n) is 42.1. The first-order chi connectivity index (χ1) is 38.2. The Morgan fingerprint density at radius 3 is 0.831 bits per heavy atom. The number of hydrogen-bond donors (Lipinski definition) is 0. The lowest BCUT2D eigenvalue weighted by atomic mass is 9.62. The number of nitrogens with zero attached hydrogens (tertiary/aromatic N) is 2. The van der Waals surface area contributed by atoms with E-state index in [0.717, 1.165) is 96.1 Å². The first-order valence-corrected chi connectivity index (χ1v) is 26.2. The number of para-hydroxylation sites is 4. The molecule has 0 aromatic heterocycles. The van der Waals surface area contributed by atoms with Gasteiger partial charge in [-0.05, 0) is 129 Å². The fourth-order valence-corrected chi connectivity index (χ4v) is 11.6. The Labute approximate surface area is 449 Å². The van der Waals surface area contributed by atoms with Gasteiger partial charge in [0.2, 0.25) is 0 Å². The van der Waals surface area contributed by atoms with Crippen LogP contribution in [-0.2, 0) is 5.41 Å². The highest BCUT2D eigenvalue weighted by atomic mass is 16.5. The molecule has 2 heterocycles. The molecular formula is C73H50N2O2. The predicted molar refractivity (Wildman–Crippen MR) is 316 cm³/mol. The van der Waals surface area contributed by atoms with Crippen LogP contribution in [0.4, 0.5) is 34.1 Å². The van der Waals surface area contributed by atoms with Crippen LogP contribution >= 0.6 is 0 Å². The van der Waals surface area contributed by atoms with Crippen molar-refractivity contribution in [2.75, 3.05) is 9.80 Å². The highest BCUT2D eigenvalue weighted by Crippen LogP contribution is 2.63. The minimum absolute atomic E-state index is 0.725. The van der Waals surface area contributed by atoms with E-state index in [-0.39, 0.29) is 0 Å². The summed E-state index contributed by atoms with van der Waals surface area (Å²) in [6.07, 6.45) is 0. The highest BCUT2D eigenvalue weighted by Gasteiger charge is 2.51. The molecule has 4 nitrogen and oxygen atoms in total. The predicted octanol–water partition coefficient (Wildman–Crippen LogP) is 19.9. The number of benzene rings is 12. The van der Waals surface area contributed by atoms with Crippen molar-refractivity contribution in [2.24, 2.45) is 0 Å². The lowest BCUT2D eigenvalue weighted by Crippen LogP contribution is -2.37. The molecule has 0 bridgehead atoms. The zero-order chi connectivity index (χ0) is 51.1. The summed E-state index contributed by atoms with van der Waals surface area (Å²) in [4.78, 5) is 4.67. The molecule has 0 N–H and O–H groups in total. The number of hydrogen-bond acceptors (Lipinski definition) is 4. The molecule has 1 spiro atoms. The van der Waals surface area contributed by atoms with Crippen molar-refractivity contribution in [1.82, 2.24) is 0 Å². The normalized spacial score (nSPS) is 12.5. The van der Waals surface area contributed by atoms with Crippen molar-refractivity contribution >= 4 is 34.1 Å². The van der Waals surface area contributed by atoms with Gasteiger partial charge in [-0.3, -0.25) is 0 Å². The van der Waals surface area contributed by atoms with E-state index < -0.39 is 5.41 Å². The van der Waals surface area contributed by atoms with Gasteiger partial charge in [-0.15, -0.1) is 0 Å². The molecule has 12 aromatic rings. The third kappa shape index (κ3) is 8.03. The van der Waals surface area contributed by atoms with Crippen molar-refractivity contribution in [3.05, 3.63) is 326 Å². The summed E-state index contributed by atoms with van der Waals surface area (Å²) in [5.41, 5.74) is 19.0. The average molecular weight is 987 g/mol. The van der Waals surface area contributed by atoms with Crippen molar-refractivity contribution in [2.45, 2.75) is 5.41 Å². The second-order valence-electron chi connectivity index (χ2n) is 19.6. The lowest BCUT2D eigenvalue weighted by Gasteiger charge is -2.45. The molecule has 0 fully saturated rings. The van der Waals surface area contributed by atoms with Crippen LogP contribution in [0.5, 0.6) is 23.0 Å². The Morgan fingerprint density at radius 1 is 0.208 bits per heavy atom. The summed E-state index contributed by atoms with van der Waals surface area (Å²) in [5.74, 6) is 3.26. The van der Waals surface area contributed by atoms with Gasteiger partial charge in [0, 0.05) is 50.7 Å². The van der Waals surface area contributed by atoms with Crippen molar-refractivity contribution < 1.29 is 9.47 Å². The van der Waals surface area contributed by atoms with Gasteiger partial charge in [-0.1, -0.05) is 218 Å². The monoisotopic (exact) mass is 986 g/mol. The van der Waals surface area contributed by atoms with Crippen LogP contribution in [0.1, 0.15) is 22.3 Å². The third-order valence-electron chi connectivity index (χ3n) is 15.2. The Kier molecular flexibility index (Phi) is 11.4. The van der Waals surface area contributed by atoms with Crippen LogP contribution in [-0.4, -0.2) is 0 Å². The second-order valence-corrected chi connectivity index (χ2v) is 19.6. The molecule has 364 valence electrons. The molecule has 0 radical (unpaired) electrons. The van der Waals surface area contributed by atoms with Crippen LogP contribution in [0.25, 0.3) is 44.5 Å². The van der Waals surface area contributed by atoms with Gasteiger partial charge < -0.3 is 19.3 Å². The minimum Gasteiger partial charge on any atom is -0.457 e. The second kappa shape index (κ2) is 19.3. The number of ether oxygens (including phenoxy) is 2. The van der Waals surface area contributed by atoms with E-state index in [2.05, 4.69) is 313 Å². The first-order valence-electron chi connectivity index (χ1n) is 26.2. The fourth-order valence-electron chi connectivity index (χ4n) is 11.6. The maximum Gasteiger partial charge on any atom is 0.156 e. The Morgan fingerprint density at radius 2 is 0.481 bits per heavy atom. The third-order valence-corrected chi connectivity index (χ3v) is 15.2. The van der Waals surface area contributed by atoms with Crippen LogP contribution < -0.4 is 19.3 Å². The van der Waals surface area contributed by atoms with Gasteiger partial charge in [-0.25, -0.2) is 0 Å². The average Bonchev–Trinajstić information content (AvgIpc) is 3.63. The standard InChI is InChI=1S/C73H50N2O2/c1-4-17-51(18-5-1)54-31-41-59(42-32-54)74(60-43-33-55(34-44-60)52-19-6-2-7-20-52)61-45-35-57(36-46-61)58-39-49-63(50-40-58)75(62-47-37-56(38-48-62)53-21-8-3-9-22-53)68-27-16-26-67-72(68)77-71-30-15-12-25-66(71)73(67)64-23-10-13-28-69(64)76-70-29-14-11-24-65(70)73/h1-50H. The van der Waals surface area contributed by atoms with Crippen LogP contribution in [0.2, 0.25) is 0 Å². The number of anilines is 6. The largest absolute Gasteiger partial charge is 0.457 e. The summed E-state index contributed by atoms with van der Waals surface area (Å²) in [6, 6.07) is 108. The minimum atomic E-state index is -0.725. The smallest absolute Gasteiger partial charge is 0.156 e. The van der Waals surface area contributed by atoms with Crippen LogP contribution in [0.15, 0.2) is 303 Å². The van der Waals surface area contributed by atoms with Crippen LogP contribution in [0, 0.1) is 0 Å². The molecule has 14 rings (SSSR count). The topological polar surface area (TPSA) is 24.9 Å². The fraction of sp³-hybridized carbons (Fsp3) is 0.0137. The van der Waals surface area contributed by atoms with Gasteiger partial charge >= 0.3 is 0 Å². The number of rotatable bonds is 10. The van der Waals surface area contributed by atoms with E-state index in [0.29, 0.717) is 0 Å². The van der Waals surface area contributed by atoms with Gasteiger partial charge in [-0.2, -0.15) is 0 Å². The summed E-state index contributed by atoms with van der Waals surface area (Å²) in [5, 5.41) is 0. The van der Waals surface area contributed by atoms with Gasteiger partial charge in [0.1, 0.15) is 17.2 Å². The molecule has 77 heavy (non-hydrogen) atoms. The molecule has 12 aromatic carbocycles. The molecule has 0 unspecified atom stereocenters. The van der Waals surface area contributed by atoms with E-state index in [1.807, 2.05) is 0 Å². The lowest BCUT2D eigenvalue weighted by molar-refractivity contribution is 0.400. The maximum atomic E-state index is 7.24. The van der Waals surface area contributed by atoms with E-state index in [1.165, 1.54) is 27.8 Å². The molecule has 0 atom stereocenters. The van der Waals surface area contributed by atoms with E-state index in [4.69, 9.17) is 9.47 Å².